The number of rotatable bonds is 1. The zero-order valence-corrected chi connectivity index (χ0v) is 8.89. The van der Waals surface area contributed by atoms with Crippen LogP contribution in [0, 0.1) is 0 Å². The molecule has 5 heteroatoms. The number of halogens is 2. The summed E-state index contributed by atoms with van der Waals surface area (Å²) in [5.74, 6) is -0.183. The molecule has 0 aromatic heterocycles. The average molecular weight is 296 g/mol. The number of anilines is 1. The summed E-state index contributed by atoms with van der Waals surface area (Å²) in [6.45, 7) is 0. The number of nitrogen functional groups attached to an aromatic ring is 1. The maximum atomic E-state index is 11.1. The summed E-state index contributed by atoms with van der Waals surface area (Å²) in [5, 5.41) is 0.396. The Morgan fingerprint density at radius 2 is 2.25 bits per heavy atom. The van der Waals surface area contributed by atoms with E-state index in [0.717, 1.165) is 0 Å². The van der Waals surface area contributed by atoms with Crippen molar-refractivity contribution in [1.82, 2.24) is 3.53 Å². The normalized spacial score (nSPS) is 9.50. The van der Waals surface area contributed by atoms with Gasteiger partial charge in [-0.05, 0) is 18.2 Å². The van der Waals surface area contributed by atoms with Gasteiger partial charge in [-0.2, -0.15) is 0 Å². The van der Waals surface area contributed by atoms with Crippen molar-refractivity contribution in [2.75, 3.05) is 5.73 Å². The van der Waals surface area contributed by atoms with E-state index in [4.69, 9.17) is 17.3 Å². The standard InChI is InChI=1S/C7H6ClIN2O/c8-5-3-4(7(12)11-9)1-2-6(5)10/h1-3H,10H2,(H,11,12). The fraction of sp³-hybridized carbons (Fsp3) is 0. The molecule has 0 aliphatic heterocycles. The summed E-state index contributed by atoms with van der Waals surface area (Å²) >= 11 is 7.47. The maximum absolute atomic E-state index is 11.1. The molecule has 0 fully saturated rings. The SMILES string of the molecule is Nc1ccc(C(=O)NI)cc1Cl. The molecule has 3 nitrogen and oxygen atoms in total. The Balaban J connectivity index is 3.05. The summed E-state index contributed by atoms with van der Waals surface area (Å²) in [4.78, 5) is 11.1. The third-order valence-corrected chi connectivity index (χ3v) is 2.17. The lowest BCUT2D eigenvalue weighted by atomic mass is 10.2. The fourth-order valence-electron chi connectivity index (χ4n) is 0.723. The molecule has 1 rings (SSSR count). The minimum absolute atomic E-state index is 0.183. The van der Waals surface area contributed by atoms with Crippen LogP contribution in [-0.2, 0) is 0 Å². The van der Waals surface area contributed by atoms with Gasteiger partial charge in [0, 0.05) is 5.56 Å². The number of carbonyl (C=O) groups is 1. The molecule has 0 aliphatic rings. The lowest BCUT2D eigenvalue weighted by Crippen LogP contribution is -2.11. The Morgan fingerprint density at radius 3 is 2.75 bits per heavy atom. The van der Waals surface area contributed by atoms with E-state index >= 15 is 0 Å². The van der Waals surface area contributed by atoms with Gasteiger partial charge in [-0.1, -0.05) is 11.6 Å². The van der Waals surface area contributed by atoms with Crippen LogP contribution in [0.3, 0.4) is 0 Å². The van der Waals surface area contributed by atoms with Crippen LogP contribution in [0.4, 0.5) is 5.69 Å². The van der Waals surface area contributed by atoms with E-state index in [-0.39, 0.29) is 5.91 Å². The van der Waals surface area contributed by atoms with E-state index in [1.807, 2.05) is 0 Å². The molecule has 1 aromatic carbocycles. The number of carbonyl (C=O) groups excluding carboxylic acids is 1. The third-order valence-electron chi connectivity index (χ3n) is 1.35. The van der Waals surface area contributed by atoms with Gasteiger partial charge in [0.1, 0.15) is 0 Å². The number of amides is 1. The zero-order valence-electron chi connectivity index (χ0n) is 5.97. The number of nitrogens with two attached hydrogens (primary N) is 1. The van der Waals surface area contributed by atoms with Gasteiger partial charge in [-0.3, -0.25) is 8.32 Å². The molecule has 0 bridgehead atoms. The molecule has 0 heterocycles. The number of nitrogens with one attached hydrogen (secondary N) is 1. The molecule has 0 aliphatic carbocycles. The molecule has 0 saturated heterocycles. The van der Waals surface area contributed by atoms with Crippen molar-refractivity contribution < 1.29 is 4.79 Å². The zero-order chi connectivity index (χ0) is 9.14. The van der Waals surface area contributed by atoms with Crippen LogP contribution >= 0.6 is 34.5 Å². The lowest BCUT2D eigenvalue weighted by molar-refractivity contribution is 0.0989. The van der Waals surface area contributed by atoms with E-state index in [1.54, 1.807) is 35.0 Å². The minimum Gasteiger partial charge on any atom is -0.398 e. The quantitative estimate of drug-likeness (QED) is 0.473. The van der Waals surface area contributed by atoms with Crippen molar-refractivity contribution in [2.45, 2.75) is 0 Å². The van der Waals surface area contributed by atoms with E-state index in [1.165, 1.54) is 6.07 Å². The topological polar surface area (TPSA) is 55.1 Å². The van der Waals surface area contributed by atoms with Gasteiger partial charge in [0.2, 0.25) is 0 Å². The molecule has 0 saturated carbocycles. The highest BCUT2D eigenvalue weighted by Crippen LogP contribution is 2.19. The molecule has 1 amide bonds. The van der Waals surface area contributed by atoms with Crippen LogP contribution in [0.25, 0.3) is 0 Å². The van der Waals surface area contributed by atoms with Gasteiger partial charge in [-0.15, -0.1) is 0 Å². The summed E-state index contributed by atoms with van der Waals surface area (Å²) < 4.78 is 2.46. The van der Waals surface area contributed by atoms with E-state index in [0.29, 0.717) is 16.3 Å². The lowest BCUT2D eigenvalue weighted by Gasteiger charge is -2.00. The summed E-state index contributed by atoms with van der Waals surface area (Å²) in [6, 6.07) is 4.75. The largest absolute Gasteiger partial charge is 0.398 e. The van der Waals surface area contributed by atoms with Gasteiger partial charge < -0.3 is 5.73 Å². The monoisotopic (exact) mass is 296 g/mol. The summed E-state index contributed by atoms with van der Waals surface area (Å²) in [6.07, 6.45) is 0. The molecule has 64 valence electrons. The predicted molar refractivity (Wildman–Crippen MR) is 57.4 cm³/mol. The highest BCUT2D eigenvalue weighted by molar-refractivity contribution is 14.1. The summed E-state index contributed by atoms with van der Waals surface area (Å²) in [7, 11) is 0. The first-order valence-electron chi connectivity index (χ1n) is 3.11. The van der Waals surface area contributed by atoms with Crippen molar-refractivity contribution >= 4 is 46.1 Å². The van der Waals surface area contributed by atoms with Crippen LogP contribution in [0.15, 0.2) is 18.2 Å². The molecule has 0 unspecified atom stereocenters. The van der Waals surface area contributed by atoms with E-state index < -0.39 is 0 Å². The van der Waals surface area contributed by atoms with Crippen molar-refractivity contribution in [1.29, 1.82) is 0 Å². The predicted octanol–water partition coefficient (Wildman–Crippen LogP) is 2.00. The molecule has 12 heavy (non-hydrogen) atoms. The number of hydrogen-bond donors (Lipinski definition) is 2. The Bertz CT molecular complexity index is 316. The molecular formula is C7H6ClIN2O. The molecule has 0 spiro atoms. The van der Waals surface area contributed by atoms with Crippen LogP contribution < -0.4 is 9.26 Å². The Morgan fingerprint density at radius 1 is 1.58 bits per heavy atom. The molecule has 0 atom stereocenters. The van der Waals surface area contributed by atoms with Crippen LogP contribution in [0.1, 0.15) is 10.4 Å². The van der Waals surface area contributed by atoms with Crippen LogP contribution in [0.2, 0.25) is 5.02 Å². The highest BCUT2D eigenvalue weighted by Gasteiger charge is 2.04. The molecular weight excluding hydrogens is 290 g/mol. The van der Waals surface area contributed by atoms with E-state index in [9.17, 15) is 4.79 Å². The van der Waals surface area contributed by atoms with Crippen molar-refractivity contribution in [3.05, 3.63) is 28.8 Å². The highest BCUT2D eigenvalue weighted by atomic mass is 127. The van der Waals surface area contributed by atoms with Crippen molar-refractivity contribution in [2.24, 2.45) is 0 Å². The minimum atomic E-state index is -0.183. The Hall–Kier alpha value is -0.490. The average Bonchev–Trinajstić information content (AvgIpc) is 2.08. The van der Waals surface area contributed by atoms with E-state index in [2.05, 4.69) is 3.53 Å². The van der Waals surface area contributed by atoms with Gasteiger partial charge in [0.05, 0.1) is 33.6 Å². The summed E-state index contributed by atoms with van der Waals surface area (Å²) in [5.41, 5.74) is 6.44. The first-order chi connectivity index (χ1) is 5.65. The maximum Gasteiger partial charge on any atom is 0.259 e. The van der Waals surface area contributed by atoms with Crippen LogP contribution in [0.5, 0.6) is 0 Å². The first kappa shape index (κ1) is 9.60. The third kappa shape index (κ3) is 2.01. The van der Waals surface area contributed by atoms with Gasteiger partial charge in [0.15, 0.2) is 0 Å². The second-order valence-electron chi connectivity index (χ2n) is 2.16. The first-order valence-corrected chi connectivity index (χ1v) is 4.57. The van der Waals surface area contributed by atoms with Crippen molar-refractivity contribution in [3.63, 3.8) is 0 Å². The second kappa shape index (κ2) is 3.95. The fourth-order valence-corrected chi connectivity index (χ4v) is 1.21. The smallest absolute Gasteiger partial charge is 0.259 e. The molecule has 3 N–H and O–H groups in total. The van der Waals surface area contributed by atoms with Gasteiger partial charge in [-0.25, -0.2) is 0 Å². The second-order valence-corrected chi connectivity index (χ2v) is 3.11. The number of benzene rings is 1. The number of hydrogen-bond acceptors (Lipinski definition) is 2. The Kier molecular flexibility index (Phi) is 3.16. The Labute approximate surface area is 88.8 Å². The molecule has 0 radical (unpaired) electrons. The van der Waals surface area contributed by atoms with Crippen LogP contribution in [-0.4, -0.2) is 5.91 Å². The van der Waals surface area contributed by atoms with Crippen molar-refractivity contribution in [3.8, 4) is 0 Å². The molecule has 1 aromatic rings. The van der Waals surface area contributed by atoms with Gasteiger partial charge in [0.25, 0.3) is 5.91 Å². The van der Waals surface area contributed by atoms with Gasteiger partial charge >= 0.3 is 0 Å².